The number of ether oxygens (including phenoxy) is 1. The highest BCUT2D eigenvalue weighted by Gasteiger charge is 2.05. The van der Waals surface area contributed by atoms with E-state index in [1.54, 1.807) is 0 Å². The Kier molecular flexibility index (Phi) is 7.74. The van der Waals surface area contributed by atoms with E-state index in [-0.39, 0.29) is 24.1 Å². The molecule has 0 saturated carbocycles. The molecule has 4 nitrogen and oxygen atoms in total. The number of amides is 1. The SMILES string of the molecule is COC(=O)CSCCC(=O)NCCc1cc(F)cc(F)c1. The van der Waals surface area contributed by atoms with E-state index in [4.69, 9.17) is 0 Å². The number of benzene rings is 1. The van der Waals surface area contributed by atoms with Gasteiger partial charge >= 0.3 is 5.97 Å². The van der Waals surface area contributed by atoms with Gasteiger partial charge in [0.15, 0.2) is 0 Å². The van der Waals surface area contributed by atoms with Crippen LogP contribution in [0.3, 0.4) is 0 Å². The molecule has 7 heteroatoms. The average Bonchev–Trinajstić information content (AvgIpc) is 2.42. The Labute approximate surface area is 126 Å². The molecule has 0 heterocycles. The van der Waals surface area contributed by atoms with E-state index >= 15 is 0 Å². The first kappa shape index (κ1) is 17.4. The molecular weight excluding hydrogens is 300 g/mol. The van der Waals surface area contributed by atoms with Crippen molar-refractivity contribution in [3.05, 3.63) is 35.4 Å². The summed E-state index contributed by atoms with van der Waals surface area (Å²) in [6.45, 7) is 0.309. The fourth-order valence-electron chi connectivity index (χ4n) is 1.57. The molecule has 21 heavy (non-hydrogen) atoms. The van der Waals surface area contributed by atoms with Crippen LogP contribution >= 0.6 is 11.8 Å². The summed E-state index contributed by atoms with van der Waals surface area (Å²) in [7, 11) is 1.31. The summed E-state index contributed by atoms with van der Waals surface area (Å²) in [5.41, 5.74) is 0.493. The van der Waals surface area contributed by atoms with Crippen LogP contribution in [-0.4, -0.2) is 37.0 Å². The molecule has 0 radical (unpaired) electrons. The largest absolute Gasteiger partial charge is 0.468 e. The van der Waals surface area contributed by atoms with Crippen molar-refractivity contribution in [3.63, 3.8) is 0 Å². The second kappa shape index (κ2) is 9.33. The Morgan fingerprint density at radius 2 is 1.90 bits per heavy atom. The van der Waals surface area contributed by atoms with E-state index in [2.05, 4.69) is 10.1 Å². The normalized spacial score (nSPS) is 10.2. The quantitative estimate of drug-likeness (QED) is 0.588. The summed E-state index contributed by atoms with van der Waals surface area (Å²) in [6.07, 6.45) is 0.634. The zero-order valence-corrected chi connectivity index (χ0v) is 12.5. The Hall–Kier alpha value is -1.63. The molecule has 116 valence electrons. The molecular formula is C14H17F2NO3S. The lowest BCUT2D eigenvalue weighted by molar-refractivity contribution is -0.137. The van der Waals surface area contributed by atoms with Gasteiger partial charge in [0.25, 0.3) is 0 Å². The van der Waals surface area contributed by atoms with Crippen LogP contribution in [0.25, 0.3) is 0 Å². The van der Waals surface area contributed by atoms with Gasteiger partial charge in [0.2, 0.25) is 5.91 Å². The van der Waals surface area contributed by atoms with Crippen molar-refractivity contribution in [3.8, 4) is 0 Å². The molecule has 0 aromatic heterocycles. The number of hydrogen-bond acceptors (Lipinski definition) is 4. The summed E-state index contributed by atoms with van der Waals surface area (Å²) in [4.78, 5) is 22.3. The molecule has 0 aliphatic rings. The predicted molar refractivity (Wildman–Crippen MR) is 77.0 cm³/mol. The van der Waals surface area contributed by atoms with Gasteiger partial charge in [0.1, 0.15) is 11.6 Å². The van der Waals surface area contributed by atoms with Crippen molar-refractivity contribution in [1.82, 2.24) is 5.32 Å². The van der Waals surface area contributed by atoms with Gasteiger partial charge in [0.05, 0.1) is 12.9 Å². The van der Waals surface area contributed by atoms with Gasteiger partial charge < -0.3 is 10.1 Å². The first-order chi connectivity index (χ1) is 10.0. The number of carbonyl (C=O) groups excluding carboxylic acids is 2. The van der Waals surface area contributed by atoms with Crippen LogP contribution in [0.5, 0.6) is 0 Å². The van der Waals surface area contributed by atoms with Gasteiger partial charge in [-0.1, -0.05) is 0 Å². The van der Waals surface area contributed by atoms with E-state index in [9.17, 15) is 18.4 Å². The van der Waals surface area contributed by atoms with Gasteiger partial charge in [-0.15, -0.1) is 11.8 Å². The predicted octanol–water partition coefficient (Wildman–Crippen LogP) is 1.92. The standard InChI is InChI=1S/C14H17F2NO3S/c1-20-14(19)9-21-5-3-13(18)17-4-2-10-6-11(15)8-12(16)7-10/h6-8H,2-5,9H2,1H3,(H,17,18). The summed E-state index contributed by atoms with van der Waals surface area (Å²) in [5, 5.41) is 2.66. The first-order valence-electron chi connectivity index (χ1n) is 6.37. The summed E-state index contributed by atoms with van der Waals surface area (Å²) < 4.78 is 30.4. The molecule has 0 saturated heterocycles. The molecule has 1 aromatic carbocycles. The van der Waals surface area contributed by atoms with Crippen LogP contribution in [0.4, 0.5) is 8.78 Å². The molecule has 0 bridgehead atoms. The highest BCUT2D eigenvalue weighted by atomic mass is 32.2. The maximum atomic E-state index is 12.9. The van der Waals surface area contributed by atoms with Gasteiger partial charge in [-0.3, -0.25) is 9.59 Å². The molecule has 0 unspecified atom stereocenters. The van der Waals surface area contributed by atoms with Gasteiger partial charge in [0, 0.05) is 24.8 Å². The van der Waals surface area contributed by atoms with Crippen molar-refractivity contribution < 1.29 is 23.1 Å². The van der Waals surface area contributed by atoms with Gasteiger partial charge in [-0.2, -0.15) is 0 Å². The molecule has 1 N–H and O–H groups in total. The van der Waals surface area contributed by atoms with E-state index < -0.39 is 11.6 Å². The minimum Gasteiger partial charge on any atom is -0.468 e. The lowest BCUT2D eigenvalue weighted by Gasteiger charge is -2.06. The first-order valence-corrected chi connectivity index (χ1v) is 7.53. The number of thioether (sulfide) groups is 1. The second-order valence-corrected chi connectivity index (χ2v) is 5.36. The van der Waals surface area contributed by atoms with E-state index in [1.807, 2.05) is 0 Å². The topological polar surface area (TPSA) is 55.4 Å². The third kappa shape index (κ3) is 7.65. The molecule has 0 aliphatic carbocycles. The summed E-state index contributed by atoms with van der Waals surface area (Å²) >= 11 is 1.31. The average molecular weight is 317 g/mol. The van der Waals surface area contributed by atoms with E-state index in [0.29, 0.717) is 24.3 Å². The van der Waals surface area contributed by atoms with E-state index in [0.717, 1.165) is 6.07 Å². The number of esters is 1. The van der Waals surface area contributed by atoms with Gasteiger partial charge in [-0.05, 0) is 24.1 Å². The molecule has 0 spiro atoms. The Balaban J connectivity index is 2.17. The Morgan fingerprint density at radius 3 is 2.52 bits per heavy atom. The number of nitrogens with one attached hydrogen (secondary N) is 1. The molecule has 1 rings (SSSR count). The van der Waals surface area contributed by atoms with Crippen LogP contribution in [0, 0.1) is 11.6 Å². The highest BCUT2D eigenvalue weighted by molar-refractivity contribution is 7.99. The lowest BCUT2D eigenvalue weighted by atomic mass is 10.1. The highest BCUT2D eigenvalue weighted by Crippen LogP contribution is 2.08. The van der Waals surface area contributed by atoms with E-state index in [1.165, 1.54) is 31.0 Å². The van der Waals surface area contributed by atoms with Crippen LogP contribution in [0.2, 0.25) is 0 Å². The maximum absolute atomic E-state index is 12.9. The van der Waals surface area contributed by atoms with Crippen LogP contribution in [0.15, 0.2) is 18.2 Å². The minimum atomic E-state index is -0.629. The molecule has 0 atom stereocenters. The number of rotatable bonds is 8. The fourth-order valence-corrected chi connectivity index (χ4v) is 2.33. The Morgan fingerprint density at radius 1 is 1.24 bits per heavy atom. The zero-order chi connectivity index (χ0) is 15.7. The van der Waals surface area contributed by atoms with Crippen molar-refractivity contribution in [2.75, 3.05) is 25.2 Å². The number of halogens is 2. The minimum absolute atomic E-state index is 0.163. The summed E-state index contributed by atoms with van der Waals surface area (Å²) in [6, 6.07) is 3.28. The van der Waals surface area contributed by atoms with Crippen molar-refractivity contribution in [2.24, 2.45) is 0 Å². The lowest BCUT2D eigenvalue weighted by Crippen LogP contribution is -2.26. The van der Waals surface area contributed by atoms with Crippen molar-refractivity contribution >= 4 is 23.6 Å². The molecule has 1 amide bonds. The van der Waals surface area contributed by atoms with Crippen molar-refractivity contribution in [2.45, 2.75) is 12.8 Å². The number of carbonyl (C=O) groups is 2. The third-order valence-corrected chi connectivity index (χ3v) is 3.51. The van der Waals surface area contributed by atoms with Crippen molar-refractivity contribution in [1.29, 1.82) is 0 Å². The fraction of sp³-hybridized carbons (Fsp3) is 0.429. The second-order valence-electron chi connectivity index (χ2n) is 4.26. The smallest absolute Gasteiger partial charge is 0.315 e. The van der Waals surface area contributed by atoms with Crippen LogP contribution in [0.1, 0.15) is 12.0 Å². The molecule has 0 aliphatic heterocycles. The zero-order valence-electron chi connectivity index (χ0n) is 11.7. The summed E-state index contributed by atoms with van der Waals surface area (Å²) in [5.74, 6) is -1.02. The monoisotopic (exact) mass is 317 g/mol. The number of methoxy groups -OCH3 is 1. The number of hydrogen-bond donors (Lipinski definition) is 1. The molecule has 1 aromatic rings. The Bertz CT molecular complexity index is 477. The third-order valence-electron chi connectivity index (χ3n) is 2.58. The van der Waals surface area contributed by atoms with Gasteiger partial charge in [-0.25, -0.2) is 8.78 Å². The van der Waals surface area contributed by atoms with Crippen LogP contribution in [-0.2, 0) is 20.7 Å². The molecule has 0 fully saturated rings. The van der Waals surface area contributed by atoms with Crippen LogP contribution < -0.4 is 5.32 Å². The maximum Gasteiger partial charge on any atom is 0.315 e.